The fourth-order valence-electron chi connectivity index (χ4n) is 3.53. The van der Waals surface area contributed by atoms with Crippen LogP contribution in [0.1, 0.15) is 35.1 Å². The maximum atomic E-state index is 12.6. The predicted molar refractivity (Wildman–Crippen MR) is 105 cm³/mol. The summed E-state index contributed by atoms with van der Waals surface area (Å²) in [7, 11) is 0. The lowest BCUT2D eigenvalue weighted by Gasteiger charge is -2.32. The molecule has 2 aromatic rings. The maximum absolute atomic E-state index is 12.6. The van der Waals surface area contributed by atoms with Crippen molar-refractivity contribution in [3.63, 3.8) is 0 Å². The van der Waals surface area contributed by atoms with Crippen LogP contribution in [-0.2, 0) is 22.6 Å². The number of ether oxygens (including phenoxy) is 1. The number of rotatable bonds is 6. The van der Waals surface area contributed by atoms with Crippen LogP contribution in [0.3, 0.4) is 0 Å². The minimum Gasteiger partial charge on any atom is -0.376 e. The molecule has 1 amide bonds. The fraction of sp³-hybridized carbons (Fsp3) is 0.435. The van der Waals surface area contributed by atoms with Gasteiger partial charge in [0.25, 0.3) is 0 Å². The number of nitrogens with zero attached hydrogens (tertiary/aromatic N) is 1. The Balaban J connectivity index is 1.41. The molecule has 26 heavy (non-hydrogen) atoms. The van der Waals surface area contributed by atoms with Crippen molar-refractivity contribution in [3.05, 3.63) is 70.8 Å². The van der Waals surface area contributed by atoms with Gasteiger partial charge in [0.05, 0.1) is 13.0 Å². The van der Waals surface area contributed by atoms with E-state index in [1.165, 1.54) is 16.7 Å². The number of hydrogen-bond donors (Lipinski definition) is 0. The Morgan fingerprint density at radius 1 is 1.08 bits per heavy atom. The lowest BCUT2D eigenvalue weighted by molar-refractivity contribution is -0.132. The molecule has 1 aliphatic rings. The third-order valence-electron chi connectivity index (χ3n) is 5.28. The predicted octanol–water partition coefficient (Wildman–Crippen LogP) is 4.30. The molecule has 1 fully saturated rings. The minimum absolute atomic E-state index is 0.252. The van der Waals surface area contributed by atoms with E-state index in [9.17, 15) is 4.79 Å². The lowest BCUT2D eigenvalue weighted by Crippen LogP contribution is -2.40. The van der Waals surface area contributed by atoms with Gasteiger partial charge in [0.15, 0.2) is 0 Å². The lowest BCUT2D eigenvalue weighted by atomic mass is 9.96. The van der Waals surface area contributed by atoms with Crippen molar-refractivity contribution in [1.29, 1.82) is 0 Å². The monoisotopic (exact) mass is 351 g/mol. The number of likely N-dealkylation sites (tertiary alicyclic amines) is 1. The van der Waals surface area contributed by atoms with Gasteiger partial charge in [-0.3, -0.25) is 4.79 Å². The average molecular weight is 351 g/mol. The van der Waals surface area contributed by atoms with Gasteiger partial charge in [-0.15, -0.1) is 0 Å². The van der Waals surface area contributed by atoms with Crippen LogP contribution in [0.5, 0.6) is 0 Å². The summed E-state index contributed by atoms with van der Waals surface area (Å²) in [4.78, 5) is 14.7. The summed E-state index contributed by atoms with van der Waals surface area (Å²) < 4.78 is 5.88. The number of hydrogen-bond acceptors (Lipinski definition) is 2. The molecule has 138 valence electrons. The van der Waals surface area contributed by atoms with Gasteiger partial charge in [0.2, 0.25) is 5.91 Å². The van der Waals surface area contributed by atoms with Crippen molar-refractivity contribution in [1.82, 2.24) is 4.90 Å². The molecule has 3 nitrogen and oxygen atoms in total. The van der Waals surface area contributed by atoms with E-state index < -0.39 is 0 Å². The highest BCUT2D eigenvalue weighted by atomic mass is 16.5. The zero-order chi connectivity index (χ0) is 18.4. The van der Waals surface area contributed by atoms with Crippen LogP contribution in [0.2, 0.25) is 0 Å². The largest absolute Gasteiger partial charge is 0.376 e. The zero-order valence-corrected chi connectivity index (χ0v) is 15.9. The number of amides is 1. The van der Waals surface area contributed by atoms with Gasteiger partial charge in [-0.2, -0.15) is 0 Å². The van der Waals surface area contributed by atoms with Crippen LogP contribution in [-0.4, -0.2) is 30.5 Å². The summed E-state index contributed by atoms with van der Waals surface area (Å²) in [5.41, 5.74) is 4.79. The van der Waals surface area contributed by atoms with Crippen LogP contribution in [0.4, 0.5) is 0 Å². The molecule has 0 atom stereocenters. The molecule has 1 saturated heterocycles. The van der Waals surface area contributed by atoms with Crippen molar-refractivity contribution < 1.29 is 9.53 Å². The van der Waals surface area contributed by atoms with Gasteiger partial charge in [0, 0.05) is 19.7 Å². The Morgan fingerprint density at radius 2 is 1.81 bits per heavy atom. The van der Waals surface area contributed by atoms with Crippen molar-refractivity contribution in [2.75, 3.05) is 19.7 Å². The van der Waals surface area contributed by atoms with Gasteiger partial charge < -0.3 is 9.64 Å². The Hall–Kier alpha value is -2.13. The molecule has 0 aliphatic carbocycles. The molecule has 1 heterocycles. The van der Waals surface area contributed by atoms with Crippen LogP contribution in [0.15, 0.2) is 48.5 Å². The fourth-order valence-corrected chi connectivity index (χ4v) is 3.53. The molecule has 3 rings (SSSR count). The molecule has 0 unspecified atom stereocenters. The Bertz CT molecular complexity index is 718. The van der Waals surface area contributed by atoms with Gasteiger partial charge in [-0.05, 0) is 49.3 Å². The second-order valence-electron chi connectivity index (χ2n) is 7.43. The highest BCUT2D eigenvalue weighted by Gasteiger charge is 2.23. The zero-order valence-electron chi connectivity index (χ0n) is 15.9. The van der Waals surface area contributed by atoms with Crippen LogP contribution in [0.25, 0.3) is 0 Å². The molecule has 0 bridgehead atoms. The van der Waals surface area contributed by atoms with E-state index in [0.717, 1.165) is 38.1 Å². The number of aryl methyl sites for hydroxylation is 2. The smallest absolute Gasteiger partial charge is 0.226 e. The first kappa shape index (κ1) is 18.7. The Kier molecular flexibility index (Phi) is 6.45. The third-order valence-corrected chi connectivity index (χ3v) is 5.28. The number of carbonyl (C=O) groups is 1. The second kappa shape index (κ2) is 9.00. The molecule has 3 heteroatoms. The Morgan fingerprint density at radius 3 is 2.54 bits per heavy atom. The first-order chi connectivity index (χ1) is 12.6. The quantitative estimate of drug-likeness (QED) is 0.776. The van der Waals surface area contributed by atoms with E-state index in [1.807, 2.05) is 23.1 Å². The van der Waals surface area contributed by atoms with Crippen molar-refractivity contribution in [2.45, 2.75) is 39.7 Å². The van der Waals surface area contributed by atoms with E-state index in [-0.39, 0.29) is 5.91 Å². The summed E-state index contributed by atoms with van der Waals surface area (Å²) >= 11 is 0. The summed E-state index contributed by atoms with van der Waals surface area (Å²) in [5.74, 6) is 0.811. The van der Waals surface area contributed by atoms with Crippen LogP contribution >= 0.6 is 0 Å². The molecular weight excluding hydrogens is 322 g/mol. The van der Waals surface area contributed by atoms with E-state index in [4.69, 9.17) is 4.74 Å². The first-order valence-electron chi connectivity index (χ1n) is 9.57. The van der Waals surface area contributed by atoms with Crippen LogP contribution < -0.4 is 0 Å². The van der Waals surface area contributed by atoms with E-state index in [0.29, 0.717) is 18.9 Å². The SMILES string of the molecule is Cc1ccc(C)c(CC(=O)N2CCC(COCc3ccccc3)CC2)c1. The summed E-state index contributed by atoms with van der Waals surface area (Å²) in [6.07, 6.45) is 2.59. The minimum atomic E-state index is 0.252. The molecule has 0 saturated carbocycles. The molecule has 0 radical (unpaired) electrons. The van der Waals surface area contributed by atoms with Crippen molar-refractivity contribution in [2.24, 2.45) is 5.92 Å². The molecule has 2 aromatic carbocycles. The second-order valence-corrected chi connectivity index (χ2v) is 7.43. The number of piperidine rings is 1. The van der Waals surface area contributed by atoms with Gasteiger partial charge in [0.1, 0.15) is 0 Å². The van der Waals surface area contributed by atoms with E-state index >= 15 is 0 Å². The summed E-state index contributed by atoms with van der Waals surface area (Å²) in [6.45, 7) is 7.32. The average Bonchev–Trinajstić information content (AvgIpc) is 2.66. The standard InChI is InChI=1S/C23H29NO2/c1-18-8-9-19(2)22(14-18)15-23(25)24-12-10-21(11-13-24)17-26-16-20-6-4-3-5-7-20/h3-9,14,21H,10-13,15-17H2,1-2H3. The normalized spacial score (nSPS) is 15.2. The molecule has 1 aliphatic heterocycles. The molecular formula is C23H29NO2. The van der Waals surface area contributed by atoms with Gasteiger partial charge in [-0.1, -0.05) is 54.1 Å². The summed E-state index contributed by atoms with van der Waals surface area (Å²) in [6, 6.07) is 16.6. The maximum Gasteiger partial charge on any atom is 0.226 e. The van der Waals surface area contributed by atoms with E-state index in [1.54, 1.807) is 0 Å². The third kappa shape index (κ3) is 5.18. The first-order valence-corrected chi connectivity index (χ1v) is 9.57. The van der Waals surface area contributed by atoms with Crippen molar-refractivity contribution >= 4 is 5.91 Å². The number of carbonyl (C=O) groups excluding carboxylic acids is 1. The van der Waals surface area contributed by atoms with Gasteiger partial charge in [-0.25, -0.2) is 0 Å². The molecule has 0 N–H and O–H groups in total. The number of benzene rings is 2. The van der Waals surface area contributed by atoms with Gasteiger partial charge >= 0.3 is 0 Å². The Labute approximate surface area is 157 Å². The topological polar surface area (TPSA) is 29.5 Å². The van der Waals surface area contributed by atoms with Crippen molar-refractivity contribution in [3.8, 4) is 0 Å². The molecule has 0 aromatic heterocycles. The highest BCUT2D eigenvalue weighted by molar-refractivity contribution is 5.79. The van der Waals surface area contributed by atoms with E-state index in [2.05, 4.69) is 44.2 Å². The molecule has 0 spiro atoms. The summed E-state index contributed by atoms with van der Waals surface area (Å²) in [5, 5.41) is 0. The highest BCUT2D eigenvalue weighted by Crippen LogP contribution is 2.20. The van der Waals surface area contributed by atoms with Crippen LogP contribution in [0, 0.1) is 19.8 Å².